The molecule has 0 N–H and O–H groups in total. The molecule has 0 spiro atoms. The van der Waals surface area contributed by atoms with Crippen LogP contribution < -0.4 is 0 Å². The van der Waals surface area contributed by atoms with E-state index in [1.54, 1.807) is 11.3 Å². The molecule has 0 fully saturated rings. The molecule has 0 unspecified atom stereocenters. The monoisotopic (exact) mass is 281 g/mol. The molecule has 3 heteroatoms. The molecule has 1 heterocycles. The Balaban J connectivity index is 2.53. The Kier molecular flexibility index (Phi) is 3.22. The number of hydrogen-bond acceptors (Lipinski definition) is 2. The SMILES string of the molecule is CCc1sc(Br)nc1-c1cccc(C)c1. The first kappa shape index (κ1) is 10.8. The summed E-state index contributed by atoms with van der Waals surface area (Å²) in [6.45, 7) is 4.27. The van der Waals surface area contributed by atoms with Gasteiger partial charge in [0.2, 0.25) is 0 Å². The summed E-state index contributed by atoms with van der Waals surface area (Å²) in [6.07, 6.45) is 1.03. The fourth-order valence-electron chi connectivity index (χ4n) is 1.58. The standard InChI is InChI=1S/C12H12BrNS/c1-3-10-11(14-12(13)15-10)9-6-4-5-8(2)7-9/h4-7H,3H2,1-2H3. The molecule has 0 radical (unpaired) electrons. The molecule has 0 amide bonds. The number of nitrogens with zero attached hydrogens (tertiary/aromatic N) is 1. The number of hydrogen-bond donors (Lipinski definition) is 0. The zero-order chi connectivity index (χ0) is 10.8. The van der Waals surface area contributed by atoms with Crippen molar-refractivity contribution in [2.75, 3.05) is 0 Å². The molecule has 78 valence electrons. The van der Waals surface area contributed by atoms with E-state index in [4.69, 9.17) is 0 Å². The van der Waals surface area contributed by atoms with Crippen LogP contribution >= 0.6 is 27.3 Å². The average molecular weight is 282 g/mol. The second-order valence-corrected chi connectivity index (χ2v) is 5.82. The molecule has 0 bridgehead atoms. The van der Waals surface area contributed by atoms with Gasteiger partial charge in [0.05, 0.1) is 5.69 Å². The molecular weight excluding hydrogens is 270 g/mol. The van der Waals surface area contributed by atoms with E-state index in [1.807, 2.05) is 0 Å². The van der Waals surface area contributed by atoms with Gasteiger partial charge in [-0.25, -0.2) is 4.98 Å². The van der Waals surface area contributed by atoms with Crippen molar-refractivity contribution in [3.8, 4) is 11.3 Å². The number of aromatic nitrogens is 1. The number of halogens is 1. The Morgan fingerprint density at radius 3 is 2.87 bits per heavy atom. The third kappa shape index (κ3) is 2.29. The van der Waals surface area contributed by atoms with E-state index >= 15 is 0 Å². The van der Waals surface area contributed by atoms with Crippen LogP contribution in [0.4, 0.5) is 0 Å². The first-order valence-electron chi connectivity index (χ1n) is 4.93. The molecular formula is C12H12BrNS. The van der Waals surface area contributed by atoms with Gasteiger partial charge in [0, 0.05) is 10.4 Å². The normalized spacial score (nSPS) is 10.6. The maximum atomic E-state index is 4.53. The van der Waals surface area contributed by atoms with Gasteiger partial charge in [-0.1, -0.05) is 30.7 Å². The maximum absolute atomic E-state index is 4.53. The van der Waals surface area contributed by atoms with Crippen molar-refractivity contribution in [2.45, 2.75) is 20.3 Å². The van der Waals surface area contributed by atoms with E-state index in [0.29, 0.717) is 0 Å². The van der Waals surface area contributed by atoms with Gasteiger partial charge in [-0.2, -0.15) is 0 Å². The summed E-state index contributed by atoms with van der Waals surface area (Å²) in [4.78, 5) is 5.87. The van der Waals surface area contributed by atoms with Gasteiger partial charge < -0.3 is 0 Å². The van der Waals surface area contributed by atoms with E-state index < -0.39 is 0 Å². The predicted octanol–water partition coefficient (Wildman–Crippen LogP) is 4.44. The molecule has 0 atom stereocenters. The number of benzene rings is 1. The highest BCUT2D eigenvalue weighted by Gasteiger charge is 2.09. The lowest BCUT2D eigenvalue weighted by atomic mass is 10.1. The van der Waals surface area contributed by atoms with E-state index in [-0.39, 0.29) is 0 Å². The lowest BCUT2D eigenvalue weighted by Crippen LogP contribution is -1.84. The summed E-state index contributed by atoms with van der Waals surface area (Å²) < 4.78 is 0.968. The summed E-state index contributed by atoms with van der Waals surface area (Å²) in [6, 6.07) is 8.49. The molecule has 0 aliphatic carbocycles. The smallest absolute Gasteiger partial charge is 0.160 e. The summed E-state index contributed by atoms with van der Waals surface area (Å²) in [5.74, 6) is 0. The summed E-state index contributed by atoms with van der Waals surface area (Å²) >= 11 is 5.17. The van der Waals surface area contributed by atoms with Gasteiger partial charge in [0.1, 0.15) is 0 Å². The van der Waals surface area contributed by atoms with Crippen LogP contribution in [-0.4, -0.2) is 4.98 Å². The second kappa shape index (κ2) is 4.45. The van der Waals surface area contributed by atoms with Gasteiger partial charge in [0.15, 0.2) is 3.92 Å². The predicted molar refractivity (Wildman–Crippen MR) is 69.4 cm³/mol. The molecule has 1 aromatic carbocycles. The van der Waals surface area contributed by atoms with Crippen molar-refractivity contribution in [3.05, 3.63) is 38.6 Å². The van der Waals surface area contributed by atoms with Gasteiger partial charge in [-0.15, -0.1) is 11.3 Å². The maximum Gasteiger partial charge on any atom is 0.160 e. The number of aryl methyl sites for hydroxylation is 2. The fraction of sp³-hybridized carbons (Fsp3) is 0.250. The molecule has 1 nitrogen and oxygen atoms in total. The van der Waals surface area contributed by atoms with Gasteiger partial charge in [0.25, 0.3) is 0 Å². The summed E-state index contributed by atoms with van der Waals surface area (Å²) in [5, 5.41) is 0. The van der Waals surface area contributed by atoms with Crippen LogP contribution in [0, 0.1) is 6.92 Å². The summed E-state index contributed by atoms with van der Waals surface area (Å²) in [5.41, 5.74) is 3.62. The zero-order valence-corrected chi connectivity index (χ0v) is 11.2. The quantitative estimate of drug-likeness (QED) is 0.793. The fourth-order valence-corrected chi connectivity index (χ4v) is 3.09. The largest absolute Gasteiger partial charge is 0.229 e. The second-order valence-electron chi connectivity index (χ2n) is 3.46. The van der Waals surface area contributed by atoms with Gasteiger partial charge in [-0.05, 0) is 35.3 Å². The molecule has 0 saturated heterocycles. The lowest BCUT2D eigenvalue weighted by Gasteiger charge is -2.01. The molecule has 1 aromatic heterocycles. The Labute approximate surface area is 102 Å². The highest BCUT2D eigenvalue weighted by molar-refractivity contribution is 9.11. The first-order valence-corrected chi connectivity index (χ1v) is 6.54. The van der Waals surface area contributed by atoms with E-state index in [0.717, 1.165) is 16.0 Å². The third-order valence-corrected chi connectivity index (χ3v) is 3.93. The Bertz CT molecular complexity index is 476. The van der Waals surface area contributed by atoms with Crippen LogP contribution in [0.3, 0.4) is 0 Å². The molecule has 2 aromatic rings. The zero-order valence-electron chi connectivity index (χ0n) is 8.75. The minimum Gasteiger partial charge on any atom is -0.229 e. The molecule has 15 heavy (non-hydrogen) atoms. The Hall–Kier alpha value is -0.670. The number of thiazole rings is 1. The average Bonchev–Trinajstić information content (AvgIpc) is 2.59. The van der Waals surface area contributed by atoms with Crippen LogP contribution in [0.2, 0.25) is 0 Å². The highest BCUT2D eigenvalue weighted by atomic mass is 79.9. The lowest BCUT2D eigenvalue weighted by molar-refractivity contribution is 1.17. The van der Waals surface area contributed by atoms with Crippen LogP contribution in [0.5, 0.6) is 0 Å². The van der Waals surface area contributed by atoms with E-state index in [2.05, 4.69) is 59.0 Å². The van der Waals surface area contributed by atoms with E-state index in [1.165, 1.54) is 16.0 Å². The third-order valence-electron chi connectivity index (χ3n) is 2.28. The van der Waals surface area contributed by atoms with Crippen molar-refractivity contribution < 1.29 is 0 Å². The summed E-state index contributed by atoms with van der Waals surface area (Å²) in [7, 11) is 0. The molecule has 0 aliphatic heterocycles. The van der Waals surface area contributed by atoms with Crippen molar-refractivity contribution in [3.63, 3.8) is 0 Å². The minimum atomic E-state index is 0.968. The Morgan fingerprint density at radius 1 is 1.40 bits per heavy atom. The Morgan fingerprint density at radius 2 is 2.20 bits per heavy atom. The number of rotatable bonds is 2. The van der Waals surface area contributed by atoms with E-state index in [9.17, 15) is 0 Å². The van der Waals surface area contributed by atoms with Crippen molar-refractivity contribution in [2.24, 2.45) is 0 Å². The van der Waals surface area contributed by atoms with Crippen LogP contribution in [0.15, 0.2) is 28.2 Å². The van der Waals surface area contributed by atoms with Gasteiger partial charge in [-0.3, -0.25) is 0 Å². The highest BCUT2D eigenvalue weighted by Crippen LogP contribution is 2.31. The van der Waals surface area contributed by atoms with Crippen molar-refractivity contribution in [1.29, 1.82) is 0 Å². The van der Waals surface area contributed by atoms with Crippen LogP contribution in [0.1, 0.15) is 17.4 Å². The first-order chi connectivity index (χ1) is 7.20. The van der Waals surface area contributed by atoms with Crippen molar-refractivity contribution in [1.82, 2.24) is 4.98 Å². The van der Waals surface area contributed by atoms with Crippen molar-refractivity contribution >= 4 is 27.3 Å². The molecule has 2 rings (SSSR count). The molecule has 0 saturated carbocycles. The van der Waals surface area contributed by atoms with Crippen LogP contribution in [0.25, 0.3) is 11.3 Å². The van der Waals surface area contributed by atoms with Gasteiger partial charge >= 0.3 is 0 Å². The molecule has 0 aliphatic rings. The topological polar surface area (TPSA) is 12.9 Å². The minimum absolute atomic E-state index is 0.968. The van der Waals surface area contributed by atoms with Crippen LogP contribution in [-0.2, 0) is 6.42 Å².